The van der Waals surface area contributed by atoms with Gasteiger partial charge in [-0.15, -0.1) is 0 Å². The van der Waals surface area contributed by atoms with E-state index in [0.29, 0.717) is 6.54 Å². The van der Waals surface area contributed by atoms with Gasteiger partial charge in [0.1, 0.15) is 0 Å². The summed E-state index contributed by atoms with van der Waals surface area (Å²) in [6.07, 6.45) is 0. The Morgan fingerprint density at radius 1 is 0.529 bits per heavy atom. The van der Waals surface area contributed by atoms with E-state index in [1.54, 1.807) is 0 Å². The van der Waals surface area contributed by atoms with Crippen LogP contribution in [0.25, 0.3) is 39.1 Å². The molecule has 0 unspecified atom stereocenters. The molecular weight excluding hydrogens is 617 g/mol. The van der Waals surface area contributed by atoms with Gasteiger partial charge in [0.05, 0.1) is 18.0 Å². The molecule has 6 aromatic carbocycles. The Balaban J connectivity index is 1.40. The van der Waals surface area contributed by atoms with Crippen LogP contribution in [0.1, 0.15) is 58.4 Å². The molecule has 0 radical (unpaired) electrons. The second kappa shape index (κ2) is 15.5. The zero-order valence-electron chi connectivity index (χ0n) is 31.1. The molecule has 0 heterocycles. The van der Waals surface area contributed by atoms with Crippen molar-refractivity contribution in [2.45, 2.75) is 55.0 Å². The van der Waals surface area contributed by atoms with E-state index in [-0.39, 0.29) is 5.92 Å². The first-order valence-electron chi connectivity index (χ1n) is 17.9. The molecule has 254 valence electrons. The number of nitrogens with zero attached hydrogens (tertiary/aromatic N) is 2. The highest BCUT2D eigenvalue weighted by Crippen LogP contribution is 2.36. The van der Waals surface area contributed by atoms with Crippen LogP contribution in [0, 0.1) is 40.5 Å². The Bertz CT molecular complexity index is 2270. The Kier molecular flexibility index (Phi) is 10.7. The minimum Gasteiger partial charge on any atom is -0.280 e. The van der Waals surface area contributed by atoms with Gasteiger partial charge in [-0.2, -0.15) is 0 Å². The van der Waals surface area contributed by atoms with Crippen molar-refractivity contribution >= 4 is 18.1 Å². The summed E-state index contributed by atoms with van der Waals surface area (Å²) in [5.41, 5.74) is 20.1. The summed E-state index contributed by atoms with van der Waals surface area (Å²) in [7, 11) is 0. The molecule has 6 rings (SSSR count). The Morgan fingerprint density at radius 3 is 1.76 bits per heavy atom. The van der Waals surface area contributed by atoms with Gasteiger partial charge in [-0.05, 0) is 126 Å². The van der Waals surface area contributed by atoms with Crippen molar-refractivity contribution in [2.75, 3.05) is 0 Å². The maximum Gasteiger partial charge on any atom is 0.0753 e. The predicted molar refractivity (Wildman–Crippen MR) is 221 cm³/mol. The van der Waals surface area contributed by atoms with Crippen molar-refractivity contribution in [1.82, 2.24) is 0 Å². The fourth-order valence-corrected chi connectivity index (χ4v) is 7.08. The maximum atomic E-state index is 5.38. The van der Waals surface area contributed by atoms with Gasteiger partial charge in [0.15, 0.2) is 0 Å². The van der Waals surface area contributed by atoms with Gasteiger partial charge < -0.3 is 0 Å². The standard InChI is InChI=1S/C49H48N2/c1-32(2)47(49(50-8)44-21-15-13-17-34(44)4)48(39-18-10-9-11-19-39)51-31-38-24-22-35(5)45(29-38)46-30-41(25-23-36(46)6)40-26-27-43(37(7)28-40)42-20-14-12-16-33(42)3/h9-30,32H,8,31H2,1-7H3/b49-47-,51-48?. The Hall–Kier alpha value is -5.60. The van der Waals surface area contributed by atoms with E-state index in [2.05, 4.69) is 194 Å². The van der Waals surface area contributed by atoms with E-state index < -0.39 is 0 Å². The number of rotatable bonds is 10. The van der Waals surface area contributed by atoms with Gasteiger partial charge >= 0.3 is 0 Å². The average molecular weight is 665 g/mol. The fourth-order valence-electron chi connectivity index (χ4n) is 7.08. The predicted octanol–water partition coefficient (Wildman–Crippen LogP) is 13.0. The molecule has 0 saturated heterocycles. The highest BCUT2D eigenvalue weighted by Gasteiger charge is 2.21. The molecule has 2 heteroatoms. The van der Waals surface area contributed by atoms with E-state index in [9.17, 15) is 0 Å². The SMILES string of the molecule is C=N/C(=C(\C(=NCc1ccc(C)c(-c2cc(-c3ccc(-c4ccccc4C)c(C)c3)ccc2C)c1)c1ccccc1)C(C)C)c1ccccc1C. The zero-order valence-corrected chi connectivity index (χ0v) is 31.1. The molecule has 0 atom stereocenters. The van der Waals surface area contributed by atoms with Crippen LogP contribution >= 0.6 is 0 Å². The van der Waals surface area contributed by atoms with Crippen molar-refractivity contribution in [3.8, 4) is 33.4 Å². The highest BCUT2D eigenvalue weighted by atomic mass is 14.8. The van der Waals surface area contributed by atoms with Gasteiger partial charge in [-0.1, -0.05) is 135 Å². The minimum absolute atomic E-state index is 0.178. The summed E-state index contributed by atoms with van der Waals surface area (Å²) in [4.78, 5) is 10.0. The van der Waals surface area contributed by atoms with Crippen LogP contribution < -0.4 is 0 Å². The summed E-state index contributed by atoms with van der Waals surface area (Å²) in [5, 5.41) is 0. The van der Waals surface area contributed by atoms with Crippen molar-refractivity contribution < 1.29 is 0 Å². The molecule has 0 aliphatic carbocycles. The molecule has 6 aromatic rings. The summed E-state index contributed by atoms with van der Waals surface area (Å²) < 4.78 is 0. The first kappa shape index (κ1) is 35.2. The van der Waals surface area contributed by atoms with Crippen LogP contribution in [0.15, 0.2) is 149 Å². The fraction of sp³-hybridized carbons (Fsp3) is 0.184. The number of allylic oxidation sites excluding steroid dienone is 1. The van der Waals surface area contributed by atoms with Crippen LogP contribution in [0.5, 0.6) is 0 Å². The second-order valence-electron chi connectivity index (χ2n) is 13.9. The van der Waals surface area contributed by atoms with Crippen molar-refractivity contribution in [1.29, 1.82) is 0 Å². The molecule has 0 N–H and O–H groups in total. The molecule has 0 aromatic heterocycles. The minimum atomic E-state index is 0.178. The van der Waals surface area contributed by atoms with Crippen LogP contribution in [-0.2, 0) is 6.54 Å². The van der Waals surface area contributed by atoms with Crippen molar-refractivity contribution in [3.63, 3.8) is 0 Å². The molecule has 0 fully saturated rings. The third-order valence-electron chi connectivity index (χ3n) is 9.94. The number of hydrogen-bond donors (Lipinski definition) is 0. The third kappa shape index (κ3) is 7.61. The van der Waals surface area contributed by atoms with Gasteiger partial charge in [-0.3, -0.25) is 9.98 Å². The Morgan fingerprint density at radius 2 is 1.10 bits per heavy atom. The highest BCUT2D eigenvalue weighted by molar-refractivity contribution is 6.17. The second-order valence-corrected chi connectivity index (χ2v) is 13.9. The number of benzene rings is 6. The first-order valence-corrected chi connectivity index (χ1v) is 17.9. The van der Waals surface area contributed by atoms with Crippen LogP contribution in [0.3, 0.4) is 0 Å². The Labute approximate surface area is 305 Å². The van der Waals surface area contributed by atoms with Gasteiger partial charge in [0, 0.05) is 16.7 Å². The lowest BCUT2D eigenvalue weighted by Gasteiger charge is -2.20. The van der Waals surface area contributed by atoms with Crippen molar-refractivity contribution in [3.05, 3.63) is 184 Å². The van der Waals surface area contributed by atoms with Gasteiger partial charge in [-0.25, -0.2) is 0 Å². The first-order chi connectivity index (χ1) is 24.7. The molecule has 51 heavy (non-hydrogen) atoms. The summed E-state index contributed by atoms with van der Waals surface area (Å²) in [6, 6.07) is 48.0. The van der Waals surface area contributed by atoms with E-state index >= 15 is 0 Å². The largest absolute Gasteiger partial charge is 0.280 e. The van der Waals surface area contributed by atoms with E-state index in [4.69, 9.17) is 4.99 Å². The van der Waals surface area contributed by atoms with Crippen LogP contribution in [0.2, 0.25) is 0 Å². The lowest BCUT2D eigenvalue weighted by molar-refractivity contribution is 0.801. The molecule has 0 spiro atoms. The van der Waals surface area contributed by atoms with Crippen LogP contribution in [0.4, 0.5) is 0 Å². The van der Waals surface area contributed by atoms with E-state index in [1.165, 1.54) is 66.8 Å². The molecule has 0 amide bonds. The summed E-state index contributed by atoms with van der Waals surface area (Å²) >= 11 is 0. The smallest absolute Gasteiger partial charge is 0.0753 e. The molecule has 0 aliphatic rings. The molecule has 0 bridgehead atoms. The number of hydrogen-bond acceptors (Lipinski definition) is 2. The van der Waals surface area contributed by atoms with Crippen LogP contribution in [-0.4, -0.2) is 12.4 Å². The van der Waals surface area contributed by atoms with Crippen molar-refractivity contribution in [2.24, 2.45) is 15.9 Å². The monoisotopic (exact) mass is 664 g/mol. The average Bonchev–Trinajstić information content (AvgIpc) is 3.13. The number of aryl methyl sites for hydroxylation is 5. The summed E-state index contributed by atoms with van der Waals surface area (Å²) in [5.74, 6) is 0.178. The molecule has 0 aliphatic heterocycles. The zero-order chi connectivity index (χ0) is 36.1. The van der Waals surface area contributed by atoms with E-state index in [0.717, 1.165) is 28.1 Å². The molecule has 2 nitrogen and oxygen atoms in total. The number of aliphatic imine (C=N–C) groups is 2. The topological polar surface area (TPSA) is 24.7 Å². The van der Waals surface area contributed by atoms with E-state index in [1.807, 2.05) is 0 Å². The molecule has 0 saturated carbocycles. The lowest BCUT2D eigenvalue weighted by atomic mass is 9.88. The maximum absolute atomic E-state index is 5.38. The quantitative estimate of drug-likeness (QED) is 0.130. The van der Waals surface area contributed by atoms with Gasteiger partial charge in [0.25, 0.3) is 0 Å². The molecular formula is C49H48N2. The lowest BCUT2D eigenvalue weighted by Crippen LogP contribution is -2.14. The third-order valence-corrected chi connectivity index (χ3v) is 9.94. The van der Waals surface area contributed by atoms with Gasteiger partial charge in [0.2, 0.25) is 0 Å². The normalized spacial score (nSPS) is 12.2. The summed E-state index contributed by atoms with van der Waals surface area (Å²) in [6.45, 7) is 19.9.